The van der Waals surface area contributed by atoms with E-state index in [4.69, 9.17) is 10.1 Å². The third-order valence-electron chi connectivity index (χ3n) is 4.03. The molecular weight excluding hydrogens is 396 g/mol. The first-order chi connectivity index (χ1) is 15.0. The molecule has 3 aromatic rings. The number of nitrogens with zero attached hydrogens (tertiary/aromatic N) is 2. The Labute approximate surface area is 178 Å². The van der Waals surface area contributed by atoms with Gasteiger partial charge in [0.05, 0.1) is 6.21 Å². The van der Waals surface area contributed by atoms with Crippen molar-refractivity contribution in [3.8, 4) is 17.2 Å². The number of nitrogens with one attached hydrogen (secondary N) is 2. The second-order valence-corrected chi connectivity index (χ2v) is 6.40. The van der Waals surface area contributed by atoms with E-state index in [0.29, 0.717) is 11.3 Å². The lowest BCUT2D eigenvalue weighted by molar-refractivity contribution is -0.123. The Morgan fingerprint density at radius 3 is 2.00 bits per heavy atom. The van der Waals surface area contributed by atoms with Crippen molar-refractivity contribution in [1.29, 1.82) is 5.41 Å². The molecule has 156 valence electrons. The van der Waals surface area contributed by atoms with Crippen molar-refractivity contribution in [3.63, 3.8) is 0 Å². The Morgan fingerprint density at radius 1 is 0.871 bits per heavy atom. The smallest absolute Gasteiger partial charge is 0.277 e. The molecule has 4 N–H and O–H groups in total. The molecule has 0 aliphatic carbocycles. The fraction of sp³-hybridized carbons (Fsp3) is 0.0435. The maximum absolute atomic E-state index is 11.8. The van der Waals surface area contributed by atoms with E-state index >= 15 is 0 Å². The number of aliphatic imine (C=N–C) groups is 1. The molecule has 0 heterocycles. The average molecular weight is 416 g/mol. The predicted octanol–water partition coefficient (Wildman–Crippen LogP) is 3.07. The Balaban J connectivity index is 1.46. The number of ether oxygens (including phenoxy) is 1. The van der Waals surface area contributed by atoms with Crippen LogP contribution in [-0.2, 0) is 4.79 Å². The quantitative estimate of drug-likeness (QED) is 0.268. The van der Waals surface area contributed by atoms with Gasteiger partial charge in [-0.3, -0.25) is 10.2 Å². The van der Waals surface area contributed by atoms with E-state index in [2.05, 4.69) is 15.5 Å². The van der Waals surface area contributed by atoms with Crippen LogP contribution in [0, 0.1) is 5.41 Å². The summed E-state index contributed by atoms with van der Waals surface area (Å²) in [5.41, 5.74) is 4.44. The van der Waals surface area contributed by atoms with Gasteiger partial charge in [0.25, 0.3) is 5.91 Å². The fourth-order valence-electron chi connectivity index (χ4n) is 2.40. The van der Waals surface area contributed by atoms with Crippen molar-refractivity contribution in [2.24, 2.45) is 10.1 Å². The zero-order valence-corrected chi connectivity index (χ0v) is 16.4. The lowest BCUT2D eigenvalue weighted by Crippen LogP contribution is -2.24. The van der Waals surface area contributed by atoms with Gasteiger partial charge in [-0.1, -0.05) is 0 Å². The number of carbonyl (C=O) groups excluding carboxylic acids is 1. The molecule has 3 aromatic carbocycles. The van der Waals surface area contributed by atoms with Crippen LogP contribution in [0.5, 0.6) is 17.2 Å². The highest BCUT2D eigenvalue weighted by Crippen LogP contribution is 2.13. The van der Waals surface area contributed by atoms with Gasteiger partial charge in [-0.2, -0.15) is 5.10 Å². The monoisotopic (exact) mass is 416 g/mol. The first kappa shape index (κ1) is 21.3. The van der Waals surface area contributed by atoms with Gasteiger partial charge in [-0.25, -0.2) is 10.4 Å². The average Bonchev–Trinajstić information content (AvgIpc) is 2.79. The minimum atomic E-state index is -0.426. The van der Waals surface area contributed by atoms with E-state index in [9.17, 15) is 15.0 Å². The highest BCUT2D eigenvalue weighted by molar-refractivity contribution is 6.03. The number of hydrazone groups is 1. The number of rotatable bonds is 7. The van der Waals surface area contributed by atoms with Gasteiger partial charge >= 0.3 is 0 Å². The van der Waals surface area contributed by atoms with Gasteiger partial charge in [-0.15, -0.1) is 0 Å². The van der Waals surface area contributed by atoms with Gasteiger partial charge in [0.1, 0.15) is 17.2 Å². The second-order valence-electron chi connectivity index (χ2n) is 6.40. The van der Waals surface area contributed by atoms with E-state index in [-0.39, 0.29) is 23.9 Å². The molecule has 0 spiro atoms. The SMILES string of the molecule is N=C(N=Cc1ccc(O)cc1)c1ccc(OCC(=O)N/N=C/c2ccc(O)cc2)cc1. The molecule has 8 nitrogen and oxygen atoms in total. The van der Waals surface area contributed by atoms with Crippen molar-refractivity contribution < 1.29 is 19.7 Å². The Bertz CT molecular complexity index is 1090. The molecule has 0 aliphatic heterocycles. The van der Waals surface area contributed by atoms with Crippen LogP contribution in [0.15, 0.2) is 82.9 Å². The molecule has 1 amide bonds. The zero-order valence-electron chi connectivity index (χ0n) is 16.4. The van der Waals surface area contributed by atoms with Gasteiger partial charge in [0, 0.05) is 11.8 Å². The van der Waals surface area contributed by atoms with Gasteiger partial charge in [-0.05, 0) is 83.9 Å². The summed E-state index contributed by atoms with van der Waals surface area (Å²) in [6, 6.07) is 19.5. The van der Waals surface area contributed by atoms with Crippen molar-refractivity contribution in [3.05, 3.63) is 89.5 Å². The number of benzene rings is 3. The minimum Gasteiger partial charge on any atom is -0.508 e. The largest absolute Gasteiger partial charge is 0.508 e. The number of phenolic OH excluding ortho intramolecular Hbond substituents is 2. The Morgan fingerprint density at radius 2 is 1.42 bits per heavy atom. The van der Waals surface area contributed by atoms with E-state index in [1.165, 1.54) is 24.6 Å². The van der Waals surface area contributed by atoms with Crippen LogP contribution >= 0.6 is 0 Å². The number of phenols is 2. The lowest BCUT2D eigenvalue weighted by Gasteiger charge is -2.06. The highest BCUT2D eigenvalue weighted by Gasteiger charge is 2.04. The van der Waals surface area contributed by atoms with Crippen molar-refractivity contribution in [2.45, 2.75) is 0 Å². The maximum atomic E-state index is 11.8. The summed E-state index contributed by atoms with van der Waals surface area (Å²) >= 11 is 0. The van der Waals surface area contributed by atoms with Gasteiger partial charge in [0.2, 0.25) is 0 Å². The molecule has 0 fully saturated rings. The molecule has 0 atom stereocenters. The summed E-state index contributed by atoms with van der Waals surface area (Å²) < 4.78 is 5.41. The van der Waals surface area contributed by atoms with Crippen LogP contribution in [-0.4, -0.2) is 41.0 Å². The van der Waals surface area contributed by atoms with Gasteiger partial charge < -0.3 is 14.9 Å². The normalized spacial score (nSPS) is 11.0. The molecule has 0 aliphatic rings. The number of aromatic hydroxyl groups is 2. The summed E-state index contributed by atoms with van der Waals surface area (Å²) in [6.07, 6.45) is 2.99. The standard InChI is InChI=1S/C23H20N4O4/c24-23(25-13-16-1-7-19(28)8-2-16)18-5-11-21(12-6-18)31-15-22(30)27-26-14-17-3-9-20(29)10-4-17/h1-14,24,28-29H,15H2,(H,27,30)/b24-23?,25-13?,26-14+. The first-order valence-electron chi connectivity index (χ1n) is 9.25. The third-order valence-corrected chi connectivity index (χ3v) is 4.03. The third kappa shape index (κ3) is 6.82. The molecule has 0 unspecified atom stereocenters. The number of hydrogen-bond donors (Lipinski definition) is 4. The van der Waals surface area contributed by atoms with Crippen LogP contribution in [0.4, 0.5) is 0 Å². The molecule has 0 aromatic heterocycles. The van der Waals surface area contributed by atoms with Crippen molar-refractivity contribution in [1.82, 2.24) is 5.43 Å². The van der Waals surface area contributed by atoms with Crippen LogP contribution < -0.4 is 10.2 Å². The minimum absolute atomic E-state index is 0.0703. The highest BCUT2D eigenvalue weighted by atomic mass is 16.5. The van der Waals surface area contributed by atoms with E-state index < -0.39 is 5.91 Å². The van der Waals surface area contributed by atoms with E-state index in [0.717, 1.165) is 11.1 Å². The molecule has 3 rings (SSSR count). The second kappa shape index (κ2) is 10.4. The number of amides is 1. The van der Waals surface area contributed by atoms with Crippen molar-refractivity contribution >= 4 is 24.2 Å². The van der Waals surface area contributed by atoms with Gasteiger partial charge in [0.15, 0.2) is 12.4 Å². The Hall–Kier alpha value is -4.46. The topological polar surface area (TPSA) is 127 Å². The molecule has 0 radical (unpaired) electrons. The van der Waals surface area contributed by atoms with Crippen LogP contribution in [0.1, 0.15) is 16.7 Å². The first-order valence-corrected chi connectivity index (χ1v) is 9.25. The molecule has 31 heavy (non-hydrogen) atoms. The van der Waals surface area contributed by atoms with Crippen LogP contribution in [0.3, 0.4) is 0 Å². The summed E-state index contributed by atoms with van der Waals surface area (Å²) in [5.74, 6) is 0.434. The summed E-state index contributed by atoms with van der Waals surface area (Å²) in [7, 11) is 0. The Kier molecular flexibility index (Phi) is 7.10. The molecular formula is C23H20N4O4. The summed E-state index contributed by atoms with van der Waals surface area (Å²) in [6.45, 7) is -0.220. The maximum Gasteiger partial charge on any atom is 0.277 e. The number of hydrogen-bond acceptors (Lipinski definition) is 6. The zero-order chi connectivity index (χ0) is 22.1. The molecule has 0 saturated carbocycles. The van der Waals surface area contributed by atoms with Crippen molar-refractivity contribution in [2.75, 3.05) is 6.61 Å². The van der Waals surface area contributed by atoms with Crippen LogP contribution in [0.25, 0.3) is 0 Å². The molecule has 0 bridgehead atoms. The van der Waals surface area contributed by atoms with E-state index in [1.54, 1.807) is 60.7 Å². The molecule has 8 heteroatoms. The fourth-order valence-corrected chi connectivity index (χ4v) is 2.40. The lowest BCUT2D eigenvalue weighted by atomic mass is 10.2. The summed E-state index contributed by atoms with van der Waals surface area (Å²) in [4.78, 5) is 15.9. The number of amidine groups is 1. The predicted molar refractivity (Wildman–Crippen MR) is 118 cm³/mol. The van der Waals surface area contributed by atoms with E-state index in [1.807, 2.05) is 0 Å². The molecule has 0 saturated heterocycles. The number of carbonyl (C=O) groups is 1. The van der Waals surface area contributed by atoms with Crippen LogP contribution in [0.2, 0.25) is 0 Å². The summed E-state index contributed by atoms with van der Waals surface area (Å²) in [5, 5.41) is 30.4.